The Bertz CT molecular complexity index is 2160. The Morgan fingerprint density at radius 1 is 0.409 bits per heavy atom. The van der Waals surface area contributed by atoms with Crippen LogP contribution in [-0.4, -0.2) is 184 Å². The molecule has 0 unspecified atom stereocenters. The van der Waals surface area contributed by atoms with Crippen molar-refractivity contribution in [1.82, 2.24) is 21.3 Å². The average Bonchev–Trinajstić information content (AvgIpc) is 4.01. The predicted octanol–water partition coefficient (Wildman–Crippen LogP) is 4.04. The van der Waals surface area contributed by atoms with Crippen LogP contribution in [0.4, 0.5) is 0 Å². The molecule has 0 radical (unpaired) electrons. The highest BCUT2D eigenvalue weighted by atomic mass is 16.6. The molecule has 0 saturated carbocycles. The molecule has 29 heteroatoms. The molecule has 0 fully saturated rings. The molecule has 0 atom stereocenters. The molecule has 4 aliphatic rings. The van der Waals surface area contributed by atoms with Gasteiger partial charge in [-0.25, -0.2) is 43.9 Å². The summed E-state index contributed by atoms with van der Waals surface area (Å²) in [5.41, 5.74) is 1.29. The fourth-order valence-corrected chi connectivity index (χ4v) is 6.71. The summed E-state index contributed by atoms with van der Waals surface area (Å²) in [5, 5.41) is 24.0. The zero-order valence-corrected chi connectivity index (χ0v) is 53.7. The third-order valence-electron chi connectivity index (χ3n) is 11.3. The van der Waals surface area contributed by atoms with Crippen LogP contribution in [0.15, 0.2) is 20.0 Å². The third kappa shape index (κ3) is 32.7. The number of ether oxygens (including phenoxy) is 5. The lowest BCUT2D eigenvalue weighted by Gasteiger charge is -2.26. The summed E-state index contributed by atoms with van der Waals surface area (Å²) in [5.74, 6) is -3.93. The Kier molecular flexibility index (Phi) is 46.1. The Morgan fingerprint density at radius 3 is 0.716 bits per heavy atom. The molecule has 0 aromatic rings. The van der Waals surface area contributed by atoms with Gasteiger partial charge in [0.05, 0.1) is 23.7 Å². The molecule has 0 saturated heterocycles. The summed E-state index contributed by atoms with van der Waals surface area (Å²) in [6, 6.07) is 0. The number of hydrogen-bond acceptors (Lipinski definition) is 25. The van der Waals surface area contributed by atoms with Gasteiger partial charge in [0.25, 0.3) is 0 Å². The second-order valence-corrected chi connectivity index (χ2v) is 22.0. The van der Waals surface area contributed by atoms with Crippen molar-refractivity contribution in [1.29, 1.82) is 0 Å². The number of rotatable bonds is 19. The second-order valence-electron chi connectivity index (χ2n) is 22.0. The van der Waals surface area contributed by atoms with Gasteiger partial charge in [-0.2, -0.15) is 0 Å². The van der Waals surface area contributed by atoms with Crippen LogP contribution >= 0.6 is 0 Å². The topological polar surface area (TPSA) is 441 Å². The van der Waals surface area contributed by atoms with Gasteiger partial charge >= 0.3 is 29.8 Å². The van der Waals surface area contributed by atoms with Gasteiger partial charge < -0.3 is 66.6 Å². The lowest BCUT2D eigenvalue weighted by molar-refractivity contribution is -0.149. The average molecular weight is 1270 g/mol. The highest BCUT2D eigenvalue weighted by Crippen LogP contribution is 2.26. The number of nitrogens with one attached hydrogen (secondary N) is 4. The van der Waals surface area contributed by atoms with Crippen molar-refractivity contribution >= 4 is 94.4 Å². The van der Waals surface area contributed by atoms with Gasteiger partial charge in [0.1, 0.15) is 31.2 Å². The van der Waals surface area contributed by atoms with Gasteiger partial charge in [-0.05, 0) is 125 Å². The zero-order chi connectivity index (χ0) is 67.4. The van der Waals surface area contributed by atoms with E-state index in [0.29, 0.717) is 12.8 Å². The molecule has 4 rings (SSSR count). The molecule has 88 heavy (non-hydrogen) atoms. The molecule has 0 bridgehead atoms. The van der Waals surface area contributed by atoms with Gasteiger partial charge in [0.2, 0.25) is 47.2 Å². The van der Waals surface area contributed by atoms with Gasteiger partial charge in [-0.3, -0.25) is 33.6 Å². The maximum absolute atomic E-state index is 11.8. The van der Waals surface area contributed by atoms with E-state index in [1.807, 2.05) is 0 Å². The van der Waals surface area contributed by atoms with Crippen molar-refractivity contribution < 1.29 is 91.4 Å². The van der Waals surface area contributed by atoms with Crippen LogP contribution in [0, 0.1) is 0 Å². The fourth-order valence-electron chi connectivity index (χ4n) is 6.71. The first-order valence-corrected chi connectivity index (χ1v) is 26.5. The molecule has 10 N–H and O–H groups in total. The van der Waals surface area contributed by atoms with Gasteiger partial charge in [-0.1, -0.05) is 50.5 Å². The van der Waals surface area contributed by atoms with Crippen molar-refractivity contribution in [3.63, 3.8) is 0 Å². The molecule has 4 aliphatic heterocycles. The van der Waals surface area contributed by atoms with E-state index >= 15 is 0 Å². The van der Waals surface area contributed by atoms with E-state index in [0.717, 1.165) is 14.2 Å². The summed E-state index contributed by atoms with van der Waals surface area (Å²) in [7, 11) is 6.21. The van der Waals surface area contributed by atoms with E-state index in [4.69, 9.17) is 29.2 Å². The first-order chi connectivity index (χ1) is 38.3. The highest BCUT2D eigenvalue weighted by Gasteiger charge is 2.43. The maximum atomic E-state index is 11.8. The minimum atomic E-state index is -1.22. The van der Waals surface area contributed by atoms with Crippen LogP contribution in [0.2, 0.25) is 0 Å². The van der Waals surface area contributed by atoms with Crippen LogP contribution in [0.25, 0.3) is 0 Å². The Hall–Kier alpha value is -7.24. The van der Waals surface area contributed by atoms with Crippen LogP contribution in [0.3, 0.4) is 0 Å². The number of cyclic esters (lactones) is 4. The number of aliphatic imine (C=N–C) groups is 4. The number of amides is 4. The van der Waals surface area contributed by atoms with Crippen LogP contribution in [-0.2, 0) is 81.2 Å². The molecule has 4 heterocycles. The number of ketones is 3. The number of carbonyl (C=O) groups excluding carboxylic acids is 12. The third-order valence-corrected chi connectivity index (χ3v) is 11.3. The molecular weight excluding hydrogens is 1150 g/mol. The molecule has 0 aromatic carbocycles. The quantitative estimate of drug-likeness (QED) is 0.0514. The lowest BCUT2D eigenvalue weighted by atomic mass is 9.96. The molecule has 29 nitrogen and oxygen atoms in total. The number of aliphatic hydroxyl groups is 2. The number of aliphatic hydroxyl groups excluding tert-OH is 2. The number of nitrogens with two attached hydrogens (primary N) is 2. The normalized spacial score (nSPS) is 15.5. The smallest absolute Gasteiger partial charge is 0.340 e. The highest BCUT2D eigenvalue weighted by molar-refractivity contribution is 6.12. The summed E-state index contributed by atoms with van der Waals surface area (Å²) in [6.45, 7) is 30.9. The molecule has 0 aromatic heterocycles. The lowest BCUT2D eigenvalue weighted by Crippen LogP contribution is -2.53. The Morgan fingerprint density at radius 2 is 0.580 bits per heavy atom. The van der Waals surface area contributed by atoms with E-state index in [1.165, 1.54) is 35.1 Å². The van der Waals surface area contributed by atoms with Gasteiger partial charge in [0.15, 0.2) is 39.5 Å². The van der Waals surface area contributed by atoms with E-state index in [9.17, 15) is 57.5 Å². The number of hydrogen-bond donors (Lipinski definition) is 8. The summed E-state index contributed by atoms with van der Waals surface area (Å²) < 4.78 is 24.5. The Balaban J connectivity index is -0.000000153. The number of Topliss-reactive ketones (excluding diaryl/α,β-unsaturated/α-hetero) is 3. The molecule has 4 amide bonds. The first kappa shape index (κ1) is 97.0. The van der Waals surface area contributed by atoms with E-state index < -0.39 is 111 Å². The largest absolute Gasteiger partial charge is 0.467 e. The predicted molar refractivity (Wildman–Crippen MR) is 339 cm³/mol. The zero-order valence-electron chi connectivity index (χ0n) is 53.7. The summed E-state index contributed by atoms with van der Waals surface area (Å²) >= 11 is 0. The second kappa shape index (κ2) is 41.8. The standard InChI is InChI=1S/C15H26N2O4.C14H24N2O5.2C11H14N2O4.2CH5N.2CH4O.4CH4/c1-7-10(18)14(3,4)16-12(20)9-13(21)17-15(5,6)11(19)8-2;1-7-9(17)13(2,3)15-10(18)8-11(19)16-14(4,5)12(20)21-6;2*1-10(2)8(14)16-6(12-10)5-7-13-11(3,4)9(15)17-7;4*1-2;;;;/h7-9H2,1-6H3,(H,16,20)(H,17,21);7-8H2,1-6H3,(H,15,18)(H,16,19);2*5H2,1-4H3;2*2H2,1H3;2*2H,1H3;4*1H4. The summed E-state index contributed by atoms with van der Waals surface area (Å²) in [6.07, 6.45) is 0.264. The number of esters is 5. The van der Waals surface area contributed by atoms with Crippen molar-refractivity contribution in [2.45, 2.75) is 251 Å². The van der Waals surface area contributed by atoms with Crippen LogP contribution < -0.4 is 32.7 Å². The monoisotopic (exact) mass is 1260 g/mol. The SMILES string of the molecule is C.C.C.C.CC1(C)N=C(CC2=NC(C)(C)C(=O)O2)OC1=O.CC1(C)N=C(CC2=NC(C)(C)C(=O)O2)OC1=O.CCC(=O)C(C)(C)NC(=O)CC(=O)NC(C)(C)C(=O)CC.CCC(=O)C(C)(C)NC(=O)CC(=O)NC(C)(C)C(=O)OC.CN.CN.CO.CO. The molecular formula is C59H112N10O19. The van der Waals surface area contributed by atoms with E-state index in [-0.39, 0.29) is 89.9 Å². The number of carbonyl (C=O) groups is 12. The first-order valence-electron chi connectivity index (χ1n) is 26.5. The van der Waals surface area contributed by atoms with Crippen molar-refractivity contribution in [3.05, 3.63) is 0 Å². The minimum Gasteiger partial charge on any atom is -0.467 e. The maximum Gasteiger partial charge on any atom is 0.340 e. The minimum absolute atomic E-state index is 0. The Labute approximate surface area is 523 Å². The van der Waals surface area contributed by atoms with Crippen molar-refractivity contribution in [3.8, 4) is 0 Å². The molecule has 0 spiro atoms. The van der Waals surface area contributed by atoms with Gasteiger partial charge in [0, 0.05) is 33.5 Å². The number of nitrogens with zero attached hydrogens (tertiary/aromatic N) is 4. The number of methoxy groups -OCH3 is 1. The van der Waals surface area contributed by atoms with Crippen LogP contribution in [0.5, 0.6) is 0 Å². The van der Waals surface area contributed by atoms with Crippen molar-refractivity contribution in [2.75, 3.05) is 35.4 Å². The molecule has 512 valence electrons. The van der Waals surface area contributed by atoms with E-state index in [1.54, 1.807) is 118 Å². The van der Waals surface area contributed by atoms with Gasteiger partial charge in [-0.15, -0.1) is 0 Å². The van der Waals surface area contributed by atoms with Crippen molar-refractivity contribution in [2.24, 2.45) is 31.4 Å². The summed E-state index contributed by atoms with van der Waals surface area (Å²) in [4.78, 5) is 155. The van der Waals surface area contributed by atoms with Crippen LogP contribution in [0.1, 0.15) is 206 Å². The van der Waals surface area contributed by atoms with E-state index in [2.05, 4.69) is 57.4 Å². The molecule has 0 aliphatic carbocycles. The fraction of sp³-hybridized carbons (Fsp3) is 0.729.